The number of carbonyl (C=O) groups excluding carboxylic acids is 4. The Balaban J connectivity index is 1.97. The van der Waals surface area contributed by atoms with Crippen molar-refractivity contribution in [3.05, 3.63) is 35.9 Å². The van der Waals surface area contributed by atoms with E-state index in [1.54, 1.807) is 0 Å². The molecule has 0 bridgehead atoms. The Bertz CT molecular complexity index is 808. The van der Waals surface area contributed by atoms with Crippen LogP contribution in [0, 0.1) is 0 Å². The van der Waals surface area contributed by atoms with Gasteiger partial charge in [-0.2, -0.15) is 0 Å². The van der Waals surface area contributed by atoms with E-state index in [2.05, 4.69) is 25.0 Å². The standard InChI is InChI=1S/C23H34N2O6Si/c1-17(26)24-19(15-21(27)31-16-18-9-6-5-7-10-18)22(28)25-12-8-11-20(25)23(29)30-13-14-32(2,3)4/h5-7,9-10,19-20H,8,11-16H2,1-4H3,(H,24,26)/t19-,20-/m0/s1. The zero-order valence-electron chi connectivity index (χ0n) is 19.4. The fourth-order valence-electron chi connectivity index (χ4n) is 3.44. The Morgan fingerprint density at radius 2 is 1.81 bits per heavy atom. The maximum Gasteiger partial charge on any atom is 0.328 e. The van der Waals surface area contributed by atoms with E-state index < -0.39 is 43.9 Å². The van der Waals surface area contributed by atoms with Crippen LogP contribution in [-0.4, -0.2) is 62.0 Å². The second kappa shape index (κ2) is 11.8. The average molecular weight is 463 g/mol. The van der Waals surface area contributed by atoms with Gasteiger partial charge in [0.25, 0.3) is 0 Å². The van der Waals surface area contributed by atoms with Crippen molar-refractivity contribution in [2.75, 3.05) is 13.2 Å². The van der Waals surface area contributed by atoms with E-state index in [1.165, 1.54) is 11.8 Å². The molecular weight excluding hydrogens is 428 g/mol. The number of esters is 2. The summed E-state index contributed by atoms with van der Waals surface area (Å²) in [5.41, 5.74) is 0.823. The van der Waals surface area contributed by atoms with Crippen LogP contribution in [0.4, 0.5) is 0 Å². The van der Waals surface area contributed by atoms with Gasteiger partial charge >= 0.3 is 11.9 Å². The lowest BCUT2D eigenvalue weighted by Gasteiger charge is -2.28. The minimum atomic E-state index is -1.35. The van der Waals surface area contributed by atoms with Gasteiger partial charge in [-0.1, -0.05) is 50.0 Å². The van der Waals surface area contributed by atoms with Crippen molar-refractivity contribution in [2.45, 2.75) is 70.6 Å². The van der Waals surface area contributed by atoms with Crippen LogP contribution in [0.15, 0.2) is 30.3 Å². The molecule has 32 heavy (non-hydrogen) atoms. The summed E-state index contributed by atoms with van der Waals surface area (Å²) in [4.78, 5) is 51.2. The summed E-state index contributed by atoms with van der Waals surface area (Å²) < 4.78 is 10.7. The molecule has 1 fully saturated rings. The lowest BCUT2D eigenvalue weighted by molar-refractivity contribution is -0.155. The van der Waals surface area contributed by atoms with Crippen molar-refractivity contribution in [3.63, 3.8) is 0 Å². The Morgan fingerprint density at radius 3 is 2.44 bits per heavy atom. The predicted molar refractivity (Wildman–Crippen MR) is 122 cm³/mol. The molecule has 0 aliphatic carbocycles. The van der Waals surface area contributed by atoms with Crippen LogP contribution in [0.1, 0.15) is 31.7 Å². The summed E-state index contributed by atoms with van der Waals surface area (Å²) in [5.74, 6) is -1.94. The van der Waals surface area contributed by atoms with E-state index in [0.29, 0.717) is 26.0 Å². The largest absolute Gasteiger partial charge is 0.464 e. The minimum Gasteiger partial charge on any atom is -0.464 e. The average Bonchev–Trinajstić information content (AvgIpc) is 3.20. The molecule has 176 valence electrons. The zero-order valence-corrected chi connectivity index (χ0v) is 20.4. The van der Waals surface area contributed by atoms with E-state index in [1.807, 2.05) is 30.3 Å². The number of hydrogen-bond donors (Lipinski definition) is 1. The van der Waals surface area contributed by atoms with Gasteiger partial charge in [-0.3, -0.25) is 14.4 Å². The van der Waals surface area contributed by atoms with Crippen LogP contribution in [-0.2, 0) is 35.3 Å². The Morgan fingerprint density at radius 1 is 1.12 bits per heavy atom. The van der Waals surface area contributed by atoms with E-state index in [4.69, 9.17) is 9.47 Å². The van der Waals surface area contributed by atoms with Gasteiger partial charge in [-0.15, -0.1) is 0 Å². The first-order valence-corrected chi connectivity index (χ1v) is 14.7. The number of likely N-dealkylation sites (tertiary alicyclic amines) is 1. The third kappa shape index (κ3) is 8.45. The summed E-state index contributed by atoms with van der Waals surface area (Å²) in [5, 5.41) is 2.53. The highest BCUT2D eigenvalue weighted by Gasteiger charge is 2.39. The van der Waals surface area contributed by atoms with Crippen LogP contribution in [0.5, 0.6) is 0 Å². The van der Waals surface area contributed by atoms with Gasteiger partial charge in [0.1, 0.15) is 18.7 Å². The quantitative estimate of drug-likeness (QED) is 0.423. The fraction of sp³-hybridized carbons (Fsp3) is 0.565. The summed E-state index contributed by atoms with van der Waals surface area (Å²) in [6.07, 6.45) is 0.854. The van der Waals surface area contributed by atoms with Crippen molar-refractivity contribution in [2.24, 2.45) is 0 Å². The second-order valence-corrected chi connectivity index (χ2v) is 14.9. The van der Waals surface area contributed by atoms with Gasteiger partial charge in [0.05, 0.1) is 13.0 Å². The Hall–Kier alpha value is -2.68. The topological polar surface area (TPSA) is 102 Å². The SMILES string of the molecule is CC(=O)N[C@@H](CC(=O)OCc1ccccc1)C(=O)N1CCC[C@H]1C(=O)OCC[Si](C)(C)C. The van der Waals surface area contributed by atoms with E-state index in [9.17, 15) is 19.2 Å². The van der Waals surface area contributed by atoms with E-state index in [-0.39, 0.29) is 13.0 Å². The van der Waals surface area contributed by atoms with Gasteiger partial charge in [-0.25, -0.2) is 4.79 Å². The molecule has 9 heteroatoms. The van der Waals surface area contributed by atoms with Crippen molar-refractivity contribution < 1.29 is 28.7 Å². The first-order chi connectivity index (χ1) is 15.1. The monoisotopic (exact) mass is 462 g/mol. The molecule has 0 unspecified atom stereocenters. The molecular formula is C23H34N2O6Si. The Kier molecular flexibility index (Phi) is 9.43. The van der Waals surface area contributed by atoms with Crippen molar-refractivity contribution in [1.82, 2.24) is 10.2 Å². The smallest absolute Gasteiger partial charge is 0.328 e. The molecule has 1 aliphatic rings. The van der Waals surface area contributed by atoms with Crippen molar-refractivity contribution >= 4 is 31.8 Å². The maximum absolute atomic E-state index is 13.1. The maximum atomic E-state index is 13.1. The number of benzene rings is 1. The van der Waals surface area contributed by atoms with Gasteiger partial charge in [-0.05, 0) is 24.4 Å². The lowest BCUT2D eigenvalue weighted by Crippen LogP contribution is -2.52. The number of amides is 2. The number of nitrogens with one attached hydrogen (secondary N) is 1. The molecule has 1 heterocycles. The van der Waals surface area contributed by atoms with E-state index >= 15 is 0 Å². The van der Waals surface area contributed by atoms with Crippen LogP contribution >= 0.6 is 0 Å². The van der Waals surface area contributed by atoms with Gasteiger partial charge < -0.3 is 19.7 Å². The third-order valence-electron chi connectivity index (χ3n) is 5.19. The first-order valence-electron chi connectivity index (χ1n) is 11.0. The zero-order chi connectivity index (χ0) is 23.7. The number of hydrogen-bond acceptors (Lipinski definition) is 6. The second-order valence-electron chi connectivity index (χ2n) is 9.27. The van der Waals surface area contributed by atoms with Crippen LogP contribution < -0.4 is 5.32 Å². The predicted octanol–water partition coefficient (Wildman–Crippen LogP) is 2.50. The van der Waals surface area contributed by atoms with Crippen LogP contribution in [0.25, 0.3) is 0 Å². The molecule has 1 N–H and O–H groups in total. The molecule has 8 nitrogen and oxygen atoms in total. The number of ether oxygens (including phenoxy) is 2. The lowest BCUT2D eigenvalue weighted by atomic mass is 10.1. The molecule has 0 spiro atoms. The summed E-state index contributed by atoms with van der Waals surface area (Å²) in [6.45, 7) is 8.66. The highest BCUT2D eigenvalue weighted by molar-refractivity contribution is 6.76. The molecule has 1 saturated heterocycles. The highest BCUT2D eigenvalue weighted by Crippen LogP contribution is 2.21. The summed E-state index contributed by atoms with van der Waals surface area (Å²) in [6, 6.07) is 8.25. The summed E-state index contributed by atoms with van der Waals surface area (Å²) in [7, 11) is -1.35. The molecule has 1 aromatic rings. The number of nitrogens with zero attached hydrogens (tertiary/aromatic N) is 1. The van der Waals surface area contributed by atoms with Crippen LogP contribution in [0.2, 0.25) is 25.7 Å². The molecule has 0 aromatic heterocycles. The van der Waals surface area contributed by atoms with Crippen molar-refractivity contribution in [1.29, 1.82) is 0 Å². The number of carbonyl (C=O) groups is 4. The molecule has 1 aromatic carbocycles. The van der Waals surface area contributed by atoms with Crippen LogP contribution in [0.3, 0.4) is 0 Å². The molecule has 2 atom stereocenters. The molecule has 2 rings (SSSR count). The fourth-order valence-corrected chi connectivity index (χ4v) is 4.15. The van der Waals surface area contributed by atoms with Gasteiger partial charge in [0, 0.05) is 21.5 Å². The highest BCUT2D eigenvalue weighted by atomic mass is 28.3. The van der Waals surface area contributed by atoms with Crippen molar-refractivity contribution in [3.8, 4) is 0 Å². The van der Waals surface area contributed by atoms with E-state index in [0.717, 1.165) is 11.6 Å². The molecule has 1 aliphatic heterocycles. The molecule has 2 amide bonds. The van der Waals surface area contributed by atoms with Gasteiger partial charge in [0.2, 0.25) is 11.8 Å². The third-order valence-corrected chi connectivity index (χ3v) is 6.90. The Labute approximate surface area is 190 Å². The number of rotatable bonds is 10. The minimum absolute atomic E-state index is 0.0798. The first kappa shape index (κ1) is 25.6. The molecule has 0 saturated carbocycles. The summed E-state index contributed by atoms with van der Waals surface area (Å²) >= 11 is 0. The van der Waals surface area contributed by atoms with Gasteiger partial charge in [0.15, 0.2) is 0 Å². The normalized spacial score (nSPS) is 16.9. The molecule has 0 radical (unpaired) electrons.